The quantitative estimate of drug-likeness (QED) is 0.108. The van der Waals surface area contributed by atoms with E-state index in [1.807, 2.05) is 0 Å². The Morgan fingerprint density at radius 2 is 1.21 bits per heavy atom. The van der Waals surface area contributed by atoms with Crippen LogP contribution in [0.4, 0.5) is 0 Å². The van der Waals surface area contributed by atoms with E-state index in [2.05, 4.69) is 54.5 Å². The van der Waals surface area contributed by atoms with E-state index in [0.717, 1.165) is 44.9 Å². The van der Waals surface area contributed by atoms with Crippen molar-refractivity contribution in [1.29, 1.82) is 0 Å². The van der Waals surface area contributed by atoms with Crippen LogP contribution in [0.3, 0.4) is 0 Å². The van der Waals surface area contributed by atoms with Crippen molar-refractivity contribution in [1.82, 2.24) is 0 Å². The molecule has 0 radical (unpaired) electrons. The molecule has 0 amide bonds. The van der Waals surface area contributed by atoms with Crippen LogP contribution in [0, 0.1) is 50.2 Å². The van der Waals surface area contributed by atoms with Crippen LogP contribution in [0.25, 0.3) is 0 Å². The second-order valence-electron chi connectivity index (χ2n) is 25.8. The van der Waals surface area contributed by atoms with Crippen LogP contribution in [0.15, 0.2) is 11.6 Å². The highest BCUT2D eigenvalue weighted by Crippen LogP contribution is 2.76. The van der Waals surface area contributed by atoms with Gasteiger partial charge >= 0.3 is 5.97 Å². The molecular weight excluding hydrogens is 957 g/mol. The second-order valence-corrected chi connectivity index (χ2v) is 25.8. The van der Waals surface area contributed by atoms with Crippen LogP contribution in [0.5, 0.6) is 0 Å². The summed E-state index contributed by atoms with van der Waals surface area (Å²) >= 11 is 0. The fraction of sp³-hybridized carbons (Fsp3) is 0.943. The number of ether oxygens (including phenoxy) is 8. The van der Waals surface area contributed by atoms with Gasteiger partial charge in [-0.3, -0.25) is 4.79 Å². The van der Waals surface area contributed by atoms with Gasteiger partial charge in [0.15, 0.2) is 25.2 Å². The monoisotopic (exact) mass is 1040 g/mol. The lowest BCUT2D eigenvalue weighted by Crippen LogP contribution is -2.68. The molecule has 11 N–H and O–H groups in total. The summed E-state index contributed by atoms with van der Waals surface area (Å²) in [5, 5.41) is 121. The molecule has 20 heteroatoms. The van der Waals surface area contributed by atoms with Crippen LogP contribution in [0.2, 0.25) is 0 Å². The van der Waals surface area contributed by atoms with Gasteiger partial charge in [0.1, 0.15) is 79.4 Å². The van der Waals surface area contributed by atoms with Gasteiger partial charge in [0.05, 0.1) is 36.9 Å². The average molecular weight is 1040 g/mol. The molecule has 1 unspecified atom stereocenters. The molecule has 418 valence electrons. The molecule has 0 aromatic rings. The van der Waals surface area contributed by atoms with Gasteiger partial charge in [-0.2, -0.15) is 0 Å². The predicted octanol–water partition coefficient (Wildman–Crippen LogP) is 1.22. The third kappa shape index (κ3) is 9.11. The minimum absolute atomic E-state index is 0.0132. The lowest BCUT2D eigenvalue weighted by atomic mass is 9.33. The van der Waals surface area contributed by atoms with E-state index in [4.69, 9.17) is 37.9 Å². The number of aliphatic carboxylic acids is 1. The van der Waals surface area contributed by atoms with Gasteiger partial charge in [0, 0.05) is 0 Å². The molecule has 73 heavy (non-hydrogen) atoms. The Kier molecular flexibility index (Phi) is 15.4. The Balaban J connectivity index is 0.929. The van der Waals surface area contributed by atoms with Gasteiger partial charge in [-0.15, -0.1) is 0 Å². The zero-order valence-corrected chi connectivity index (χ0v) is 43.9. The number of aliphatic hydroxyl groups excluding tert-OH is 10. The SMILES string of the molecule is C[C@@H]1O[C@@H](O[C@H]2[C@H](O[C@@H]3[C@@H](O)[C@H](O[C@H]4CC[C@@]5(C)C(CC[C@]6(C)[C@@H]5CC=C5[C@@H]7CC(C)(C)CC[C@]7(C(=O)O)CC[C@]56C)C4(C)C)OC[C@H]3O)O[C@H](CO)[C@@H](O[C@@H]3O[C@@H](C)[C@H](O)[C@@H](O)[C@H]3O)[C@@H]2O)[C@H](O)[C@H](O)[C@H]1O. The predicted molar refractivity (Wildman–Crippen MR) is 254 cm³/mol. The molecule has 0 bridgehead atoms. The number of fused-ring (bicyclic) bond motifs is 7. The molecule has 8 fully saturated rings. The van der Waals surface area contributed by atoms with Crippen molar-refractivity contribution in [2.75, 3.05) is 13.2 Å². The lowest BCUT2D eigenvalue weighted by Gasteiger charge is -2.71. The first-order chi connectivity index (χ1) is 34.1. The maximum absolute atomic E-state index is 13.2. The third-order valence-electron chi connectivity index (χ3n) is 21.0. The normalized spacial score (nSPS) is 54.7. The standard InChI is InChI=1S/C53H86O20/c1-23-32(56)34(58)36(60)44(67-23)72-41-28(21-54)69-46(42(38(41)62)73-45-37(61)35(59)33(57)24(2)68-45)71-40-27(55)22-66-43(39(40)63)70-31-13-14-50(7)29(49(31,5)6)12-15-52(9)30(50)11-10-25-26-20-48(3,4)16-18-53(26,47(64)65)19-17-51(25,52)8/h10,23-24,26-46,54-63H,11-22H2,1-9H3,(H,64,65)/t23-,24-,26-,27+,28+,29?,30+,31-,32-,33-,34+,35+,36+,37+,38-,39+,40-,41+,42+,43-,44-,45-,46-,50-,51+,52+,53-/m0/s1. The molecule has 5 aliphatic carbocycles. The van der Waals surface area contributed by atoms with Crippen LogP contribution in [0.1, 0.15) is 127 Å². The molecule has 20 nitrogen and oxygen atoms in total. The molecule has 27 atom stereocenters. The number of hydrogen-bond donors (Lipinski definition) is 11. The minimum Gasteiger partial charge on any atom is -0.481 e. The first-order valence-corrected chi connectivity index (χ1v) is 26.9. The number of aliphatic hydroxyl groups is 10. The zero-order valence-electron chi connectivity index (χ0n) is 43.9. The van der Waals surface area contributed by atoms with Crippen LogP contribution < -0.4 is 0 Å². The molecule has 0 aromatic carbocycles. The smallest absolute Gasteiger partial charge is 0.310 e. The average Bonchev–Trinajstić information content (AvgIpc) is 3.32. The summed E-state index contributed by atoms with van der Waals surface area (Å²) in [5.74, 6) is -0.0931. The highest BCUT2D eigenvalue weighted by molar-refractivity contribution is 5.76. The van der Waals surface area contributed by atoms with Crippen LogP contribution in [-0.4, -0.2) is 198 Å². The summed E-state index contributed by atoms with van der Waals surface area (Å²) in [7, 11) is 0. The number of allylic oxidation sites excluding steroid dienone is 2. The van der Waals surface area contributed by atoms with Crippen molar-refractivity contribution in [3.8, 4) is 0 Å². The molecule has 0 spiro atoms. The topological polar surface area (TPSA) is 313 Å². The largest absolute Gasteiger partial charge is 0.481 e. The van der Waals surface area contributed by atoms with Crippen LogP contribution in [-0.2, 0) is 42.7 Å². The number of carbonyl (C=O) groups is 1. The number of rotatable bonds is 10. The van der Waals surface area contributed by atoms with Crippen LogP contribution >= 0.6 is 0 Å². The first kappa shape index (κ1) is 56.2. The molecular formula is C53H86O20. The third-order valence-corrected chi connectivity index (χ3v) is 21.0. The Morgan fingerprint density at radius 3 is 1.81 bits per heavy atom. The van der Waals surface area contributed by atoms with Crippen molar-refractivity contribution in [2.24, 2.45) is 50.2 Å². The van der Waals surface area contributed by atoms with Gasteiger partial charge in [-0.25, -0.2) is 0 Å². The van der Waals surface area contributed by atoms with E-state index in [0.29, 0.717) is 25.2 Å². The fourth-order valence-corrected chi connectivity index (χ4v) is 16.2. The molecule has 4 saturated carbocycles. The second kappa shape index (κ2) is 20.0. The molecule has 4 aliphatic heterocycles. The summed E-state index contributed by atoms with van der Waals surface area (Å²) in [4.78, 5) is 13.2. The highest BCUT2D eigenvalue weighted by Gasteiger charge is 2.70. The summed E-state index contributed by atoms with van der Waals surface area (Å²) in [6.45, 7) is 18.0. The number of carboxylic acid groups (broad SMARTS) is 1. The molecule has 0 aromatic heterocycles. The summed E-state index contributed by atoms with van der Waals surface area (Å²) in [6, 6.07) is 0. The zero-order chi connectivity index (χ0) is 53.3. The van der Waals surface area contributed by atoms with E-state index < -0.39 is 146 Å². The highest BCUT2D eigenvalue weighted by atomic mass is 16.8. The lowest BCUT2D eigenvalue weighted by molar-refractivity contribution is -0.399. The minimum atomic E-state index is -1.90. The number of hydrogen-bond acceptors (Lipinski definition) is 19. The van der Waals surface area contributed by atoms with E-state index in [1.165, 1.54) is 19.4 Å². The van der Waals surface area contributed by atoms with E-state index in [-0.39, 0.29) is 40.1 Å². The Bertz CT molecular complexity index is 2020. The van der Waals surface area contributed by atoms with Crippen molar-refractivity contribution in [2.45, 2.75) is 249 Å². The fourth-order valence-electron chi connectivity index (χ4n) is 16.2. The summed E-state index contributed by atoms with van der Waals surface area (Å²) in [6.07, 6.45) is -19.8. The van der Waals surface area contributed by atoms with Gasteiger partial charge in [-0.1, -0.05) is 60.1 Å². The van der Waals surface area contributed by atoms with E-state index >= 15 is 0 Å². The van der Waals surface area contributed by atoms with Gasteiger partial charge in [-0.05, 0) is 123 Å². The maximum atomic E-state index is 13.2. The maximum Gasteiger partial charge on any atom is 0.310 e. The Morgan fingerprint density at radius 1 is 0.616 bits per heavy atom. The first-order valence-electron chi connectivity index (χ1n) is 26.9. The molecule has 9 rings (SSSR count). The van der Waals surface area contributed by atoms with Gasteiger partial charge in [0.2, 0.25) is 0 Å². The van der Waals surface area contributed by atoms with E-state index in [9.17, 15) is 61.0 Å². The number of carboxylic acids is 1. The van der Waals surface area contributed by atoms with Gasteiger partial charge in [0.25, 0.3) is 0 Å². The Hall–Kier alpha value is -1.51. The van der Waals surface area contributed by atoms with Crippen molar-refractivity contribution in [3.05, 3.63) is 11.6 Å². The van der Waals surface area contributed by atoms with Crippen molar-refractivity contribution >= 4 is 5.97 Å². The molecule has 9 aliphatic rings. The molecule has 4 heterocycles. The Labute approximate surface area is 428 Å². The van der Waals surface area contributed by atoms with Crippen molar-refractivity contribution in [3.63, 3.8) is 0 Å². The van der Waals surface area contributed by atoms with Crippen molar-refractivity contribution < 1.29 is 98.9 Å². The summed E-state index contributed by atoms with van der Waals surface area (Å²) < 4.78 is 48.6. The summed E-state index contributed by atoms with van der Waals surface area (Å²) in [5.41, 5.74) is -0.00652. The molecule has 4 saturated heterocycles. The van der Waals surface area contributed by atoms with Gasteiger partial charge < -0.3 is 94.1 Å². The van der Waals surface area contributed by atoms with E-state index in [1.54, 1.807) is 0 Å².